The molecule has 0 aliphatic carbocycles. The average Bonchev–Trinajstić information content (AvgIpc) is 2.69. The molecule has 0 saturated carbocycles. The molecule has 2 saturated heterocycles. The first kappa shape index (κ1) is 8.72. The molecule has 0 aromatic carbocycles. The molecule has 2 fully saturated rings. The molecule has 0 spiro atoms. The molecule has 0 radical (unpaired) electrons. The molecule has 0 amide bonds. The zero-order valence-corrected chi connectivity index (χ0v) is 7.27. The quantitative estimate of drug-likeness (QED) is 0.456. The van der Waals surface area contributed by atoms with E-state index in [0.717, 1.165) is 12.5 Å². The highest BCUT2D eigenvalue weighted by atomic mass is 16.6. The topological polar surface area (TPSA) is 44.8 Å². The van der Waals surface area contributed by atoms with Crippen molar-refractivity contribution in [1.82, 2.24) is 0 Å². The normalized spacial score (nSPS) is 37.1. The maximum absolute atomic E-state index is 10.9. The van der Waals surface area contributed by atoms with Crippen molar-refractivity contribution < 1.29 is 19.0 Å². The van der Waals surface area contributed by atoms with E-state index in [9.17, 15) is 4.79 Å². The van der Waals surface area contributed by atoms with Crippen LogP contribution in [0.2, 0.25) is 0 Å². The number of hydrogen-bond donors (Lipinski definition) is 0. The van der Waals surface area contributed by atoms with Crippen LogP contribution in [0.4, 0.5) is 0 Å². The van der Waals surface area contributed by atoms with Crippen molar-refractivity contribution in [2.45, 2.75) is 24.7 Å². The van der Waals surface area contributed by atoms with E-state index in [0.29, 0.717) is 13.2 Å². The van der Waals surface area contributed by atoms with Crippen molar-refractivity contribution in [2.24, 2.45) is 0 Å². The SMILES string of the molecule is C=CC(=O)OC1CO[C@@H]2CCO[C@H]12. The Kier molecular flexibility index (Phi) is 2.33. The number of fused-ring (bicyclic) bond motifs is 1. The fourth-order valence-electron chi connectivity index (χ4n) is 1.73. The van der Waals surface area contributed by atoms with Gasteiger partial charge in [-0.05, 0) is 6.42 Å². The highest BCUT2D eigenvalue weighted by Gasteiger charge is 2.43. The summed E-state index contributed by atoms with van der Waals surface area (Å²) in [5.74, 6) is -0.412. The Morgan fingerprint density at radius 3 is 3.15 bits per heavy atom. The largest absolute Gasteiger partial charge is 0.454 e. The molecule has 0 N–H and O–H groups in total. The van der Waals surface area contributed by atoms with Gasteiger partial charge in [0.1, 0.15) is 6.10 Å². The van der Waals surface area contributed by atoms with Gasteiger partial charge in [-0.25, -0.2) is 4.79 Å². The summed E-state index contributed by atoms with van der Waals surface area (Å²) in [7, 11) is 0. The number of carbonyl (C=O) groups is 1. The molecule has 2 rings (SSSR count). The van der Waals surface area contributed by atoms with Crippen molar-refractivity contribution in [1.29, 1.82) is 0 Å². The van der Waals surface area contributed by atoms with Crippen LogP contribution in [0.25, 0.3) is 0 Å². The van der Waals surface area contributed by atoms with Crippen LogP contribution in [0.1, 0.15) is 6.42 Å². The van der Waals surface area contributed by atoms with E-state index in [1.807, 2.05) is 0 Å². The lowest BCUT2D eigenvalue weighted by atomic mass is 10.1. The number of carbonyl (C=O) groups excluding carboxylic acids is 1. The zero-order valence-electron chi connectivity index (χ0n) is 7.27. The van der Waals surface area contributed by atoms with Gasteiger partial charge in [0.2, 0.25) is 0 Å². The third-order valence-corrected chi connectivity index (χ3v) is 2.35. The molecular weight excluding hydrogens is 172 g/mol. The van der Waals surface area contributed by atoms with Gasteiger partial charge in [-0.3, -0.25) is 0 Å². The van der Waals surface area contributed by atoms with E-state index in [-0.39, 0.29) is 18.3 Å². The molecule has 2 heterocycles. The maximum Gasteiger partial charge on any atom is 0.330 e. The first-order valence-corrected chi connectivity index (χ1v) is 4.37. The van der Waals surface area contributed by atoms with Crippen molar-refractivity contribution in [3.63, 3.8) is 0 Å². The summed E-state index contributed by atoms with van der Waals surface area (Å²) in [4.78, 5) is 10.9. The van der Waals surface area contributed by atoms with Gasteiger partial charge < -0.3 is 14.2 Å². The number of ether oxygens (including phenoxy) is 3. The van der Waals surface area contributed by atoms with Crippen LogP contribution in [0.3, 0.4) is 0 Å². The van der Waals surface area contributed by atoms with Crippen LogP contribution in [0, 0.1) is 0 Å². The zero-order chi connectivity index (χ0) is 9.26. The van der Waals surface area contributed by atoms with Gasteiger partial charge in [-0.15, -0.1) is 0 Å². The predicted molar refractivity (Wildman–Crippen MR) is 44.2 cm³/mol. The monoisotopic (exact) mass is 184 g/mol. The van der Waals surface area contributed by atoms with E-state index >= 15 is 0 Å². The van der Waals surface area contributed by atoms with Gasteiger partial charge >= 0.3 is 5.97 Å². The molecule has 2 aliphatic heterocycles. The van der Waals surface area contributed by atoms with Crippen LogP contribution in [-0.2, 0) is 19.0 Å². The molecule has 0 bridgehead atoms. The van der Waals surface area contributed by atoms with Gasteiger partial charge in [-0.2, -0.15) is 0 Å². The molecule has 0 aromatic heterocycles. The summed E-state index contributed by atoms with van der Waals surface area (Å²) < 4.78 is 15.9. The van der Waals surface area contributed by atoms with Crippen molar-refractivity contribution in [3.05, 3.63) is 12.7 Å². The summed E-state index contributed by atoms with van der Waals surface area (Å²) in [6.45, 7) is 4.46. The molecule has 3 atom stereocenters. The minimum Gasteiger partial charge on any atom is -0.454 e. The lowest BCUT2D eigenvalue weighted by Crippen LogP contribution is -2.31. The van der Waals surface area contributed by atoms with Crippen molar-refractivity contribution in [2.75, 3.05) is 13.2 Å². The Morgan fingerprint density at radius 1 is 1.54 bits per heavy atom. The van der Waals surface area contributed by atoms with Crippen LogP contribution >= 0.6 is 0 Å². The first-order chi connectivity index (χ1) is 6.31. The van der Waals surface area contributed by atoms with Gasteiger partial charge in [0, 0.05) is 12.7 Å². The van der Waals surface area contributed by atoms with E-state index in [2.05, 4.69) is 6.58 Å². The Balaban J connectivity index is 1.93. The molecule has 2 aliphatic rings. The average molecular weight is 184 g/mol. The van der Waals surface area contributed by atoms with Gasteiger partial charge in [0.15, 0.2) is 6.10 Å². The van der Waals surface area contributed by atoms with Crippen LogP contribution in [0.5, 0.6) is 0 Å². The van der Waals surface area contributed by atoms with Crippen LogP contribution < -0.4 is 0 Å². The van der Waals surface area contributed by atoms with Crippen molar-refractivity contribution >= 4 is 5.97 Å². The maximum atomic E-state index is 10.9. The Morgan fingerprint density at radius 2 is 2.38 bits per heavy atom. The lowest BCUT2D eigenvalue weighted by molar-refractivity contribution is -0.147. The minimum absolute atomic E-state index is 0.0658. The van der Waals surface area contributed by atoms with E-state index in [1.54, 1.807) is 0 Å². The second-order valence-corrected chi connectivity index (χ2v) is 3.18. The number of rotatable bonds is 2. The van der Waals surface area contributed by atoms with E-state index in [1.165, 1.54) is 0 Å². The van der Waals surface area contributed by atoms with Gasteiger partial charge in [0.05, 0.1) is 12.7 Å². The van der Waals surface area contributed by atoms with Crippen molar-refractivity contribution in [3.8, 4) is 0 Å². The molecule has 13 heavy (non-hydrogen) atoms. The summed E-state index contributed by atoms with van der Waals surface area (Å²) in [5.41, 5.74) is 0. The molecule has 1 unspecified atom stereocenters. The summed E-state index contributed by atoms with van der Waals surface area (Å²) in [6, 6.07) is 0. The minimum atomic E-state index is -0.412. The Labute approximate surface area is 76.5 Å². The molecular formula is C9H12O4. The Bertz CT molecular complexity index is 226. The summed E-state index contributed by atoms with van der Waals surface area (Å²) in [5, 5.41) is 0. The molecule has 4 heteroatoms. The molecule has 72 valence electrons. The third kappa shape index (κ3) is 1.59. The second kappa shape index (κ2) is 3.47. The first-order valence-electron chi connectivity index (χ1n) is 4.37. The number of hydrogen-bond acceptors (Lipinski definition) is 4. The second-order valence-electron chi connectivity index (χ2n) is 3.18. The van der Waals surface area contributed by atoms with Crippen LogP contribution in [0.15, 0.2) is 12.7 Å². The van der Waals surface area contributed by atoms with Gasteiger partial charge in [-0.1, -0.05) is 6.58 Å². The molecule has 4 nitrogen and oxygen atoms in total. The highest BCUT2D eigenvalue weighted by Crippen LogP contribution is 2.28. The smallest absolute Gasteiger partial charge is 0.330 e. The van der Waals surface area contributed by atoms with E-state index in [4.69, 9.17) is 14.2 Å². The Hall–Kier alpha value is -0.870. The van der Waals surface area contributed by atoms with E-state index < -0.39 is 5.97 Å². The fourth-order valence-corrected chi connectivity index (χ4v) is 1.73. The standard InChI is InChI=1S/C9H12O4/c1-2-8(10)13-7-5-12-6-3-4-11-9(6)7/h2,6-7,9H,1,3-5H2/t6-,7?,9+/m1/s1. The highest BCUT2D eigenvalue weighted by molar-refractivity contribution is 5.81. The van der Waals surface area contributed by atoms with Crippen LogP contribution in [-0.4, -0.2) is 37.5 Å². The fraction of sp³-hybridized carbons (Fsp3) is 0.667. The summed E-state index contributed by atoms with van der Waals surface area (Å²) in [6.07, 6.45) is 1.85. The molecule has 0 aromatic rings. The third-order valence-electron chi connectivity index (χ3n) is 2.35. The summed E-state index contributed by atoms with van der Waals surface area (Å²) >= 11 is 0. The van der Waals surface area contributed by atoms with Gasteiger partial charge in [0.25, 0.3) is 0 Å². The predicted octanol–water partition coefficient (Wildman–Crippen LogP) is 0.272. The lowest BCUT2D eigenvalue weighted by Gasteiger charge is -2.15. The number of esters is 1.